The summed E-state index contributed by atoms with van der Waals surface area (Å²) in [5, 5.41) is 5.43. The van der Waals surface area contributed by atoms with Gasteiger partial charge in [-0.3, -0.25) is 0 Å². The van der Waals surface area contributed by atoms with Gasteiger partial charge in [-0.15, -0.1) is 12.4 Å². The molecule has 0 amide bonds. The number of halogens is 1. The second kappa shape index (κ2) is 8.39. The van der Waals surface area contributed by atoms with Gasteiger partial charge in [0.05, 0.1) is 6.10 Å². The molecule has 0 radical (unpaired) electrons. The lowest BCUT2D eigenvalue weighted by molar-refractivity contribution is -0.0924. The fraction of sp³-hybridized carbons (Fsp3) is 0.556. The molecule has 0 fully saturated rings. The first-order chi connectivity index (χ1) is 9.98. The number of rotatable bonds is 6. The minimum Gasteiger partial charge on any atom is -0.355 e. The van der Waals surface area contributed by atoms with Crippen LogP contribution in [0, 0.1) is 5.41 Å². The van der Waals surface area contributed by atoms with Crippen molar-refractivity contribution < 1.29 is 4.74 Å². The Morgan fingerprint density at radius 3 is 2.45 bits per heavy atom. The second-order valence-electron chi connectivity index (χ2n) is 6.61. The highest BCUT2D eigenvalue weighted by Crippen LogP contribution is 2.52. The van der Waals surface area contributed by atoms with E-state index in [1.165, 1.54) is 5.56 Å². The van der Waals surface area contributed by atoms with Crippen molar-refractivity contribution in [1.29, 1.82) is 0 Å². The van der Waals surface area contributed by atoms with Crippen LogP contribution in [0.25, 0.3) is 0 Å². The van der Waals surface area contributed by atoms with Crippen molar-refractivity contribution in [2.24, 2.45) is 5.41 Å². The quantitative estimate of drug-likeness (QED) is 0.771. The van der Waals surface area contributed by atoms with E-state index in [2.05, 4.69) is 67.9 Å². The average molecular weight is 342 g/mol. The third-order valence-corrected chi connectivity index (χ3v) is 5.63. The summed E-state index contributed by atoms with van der Waals surface area (Å²) in [6, 6.07) is 10.6. The summed E-state index contributed by atoms with van der Waals surface area (Å²) in [7, 11) is 1.99. The van der Waals surface area contributed by atoms with E-state index in [0.29, 0.717) is 0 Å². The Kier molecular flexibility index (Phi) is 7.47. The van der Waals surface area contributed by atoms with Crippen LogP contribution in [-0.4, -0.2) is 18.5 Å². The van der Waals surface area contributed by atoms with E-state index in [1.54, 1.807) is 0 Å². The van der Waals surface area contributed by atoms with Crippen LogP contribution >= 0.6 is 24.2 Å². The Morgan fingerprint density at radius 1 is 1.27 bits per heavy atom. The maximum absolute atomic E-state index is 6.71. The highest BCUT2D eigenvalue weighted by molar-refractivity contribution is 8.03. The van der Waals surface area contributed by atoms with Gasteiger partial charge in [0.1, 0.15) is 4.93 Å². The molecule has 2 nitrogen and oxygen atoms in total. The van der Waals surface area contributed by atoms with Gasteiger partial charge in [-0.25, -0.2) is 0 Å². The van der Waals surface area contributed by atoms with Crippen molar-refractivity contribution in [3.63, 3.8) is 0 Å². The van der Waals surface area contributed by atoms with Gasteiger partial charge in [-0.2, -0.15) is 0 Å². The summed E-state index contributed by atoms with van der Waals surface area (Å²) in [5.74, 6) is 0. The smallest absolute Gasteiger partial charge is 0.126 e. The number of hydrogen-bond acceptors (Lipinski definition) is 3. The fourth-order valence-electron chi connectivity index (χ4n) is 2.61. The molecule has 0 aromatic heterocycles. The largest absolute Gasteiger partial charge is 0.355 e. The third-order valence-electron chi connectivity index (χ3n) is 4.04. The summed E-state index contributed by atoms with van der Waals surface area (Å²) in [5.41, 5.74) is 1.36. The highest BCUT2D eigenvalue weighted by atomic mass is 35.5. The molecule has 1 aromatic rings. The molecule has 0 aliphatic carbocycles. The standard InChI is InChI=1S/C18H27NOS.ClH/c1-17(2,3)18(12-8-14-21-18)20-16(11-13-19-4)15-9-6-5-7-10-15;/h5-10,14,16,19H,11-13H2,1-4H3;1H. The summed E-state index contributed by atoms with van der Waals surface area (Å²) < 4.78 is 6.71. The van der Waals surface area contributed by atoms with Crippen LogP contribution in [0.4, 0.5) is 0 Å². The van der Waals surface area contributed by atoms with Crippen molar-refractivity contribution in [1.82, 2.24) is 5.32 Å². The Labute approximate surface area is 145 Å². The summed E-state index contributed by atoms with van der Waals surface area (Å²) >= 11 is 1.83. The fourth-order valence-corrected chi connectivity index (χ4v) is 3.74. The summed E-state index contributed by atoms with van der Waals surface area (Å²) in [4.78, 5) is -0.165. The minimum absolute atomic E-state index is 0. The third kappa shape index (κ3) is 4.51. The van der Waals surface area contributed by atoms with Crippen LogP contribution in [0.5, 0.6) is 0 Å². The van der Waals surface area contributed by atoms with Gasteiger partial charge in [-0.1, -0.05) is 68.9 Å². The lowest BCUT2D eigenvalue weighted by Gasteiger charge is -2.43. The van der Waals surface area contributed by atoms with E-state index in [-0.39, 0.29) is 28.9 Å². The lowest BCUT2D eigenvalue weighted by Crippen LogP contribution is -2.41. The number of ether oxygens (including phenoxy) is 1. The summed E-state index contributed by atoms with van der Waals surface area (Å²) in [6.45, 7) is 7.77. The van der Waals surface area contributed by atoms with Crippen molar-refractivity contribution in [2.75, 3.05) is 13.6 Å². The first kappa shape index (κ1) is 19.6. The van der Waals surface area contributed by atoms with Crippen LogP contribution in [0.2, 0.25) is 0 Å². The van der Waals surface area contributed by atoms with Gasteiger partial charge in [0, 0.05) is 11.8 Å². The average Bonchev–Trinajstić information content (AvgIpc) is 2.94. The predicted octanol–water partition coefficient (Wildman–Crippen LogP) is 5.17. The second-order valence-corrected chi connectivity index (χ2v) is 7.77. The van der Waals surface area contributed by atoms with E-state index in [9.17, 15) is 0 Å². The zero-order valence-electron chi connectivity index (χ0n) is 14.0. The molecular formula is C18H28ClNOS. The van der Waals surface area contributed by atoms with Gasteiger partial charge in [0.15, 0.2) is 0 Å². The molecule has 1 aromatic carbocycles. The van der Waals surface area contributed by atoms with Crippen molar-refractivity contribution in [3.8, 4) is 0 Å². The number of benzene rings is 1. The minimum atomic E-state index is -0.165. The lowest BCUT2D eigenvalue weighted by atomic mass is 9.86. The molecule has 1 N–H and O–H groups in total. The van der Waals surface area contributed by atoms with Crippen LogP contribution in [0.15, 0.2) is 41.8 Å². The number of hydrogen-bond donors (Lipinski definition) is 1. The highest BCUT2D eigenvalue weighted by Gasteiger charge is 2.46. The van der Waals surface area contributed by atoms with Crippen LogP contribution < -0.4 is 5.32 Å². The molecule has 0 bridgehead atoms. The molecule has 2 unspecified atom stereocenters. The maximum atomic E-state index is 6.71. The Morgan fingerprint density at radius 2 is 1.95 bits per heavy atom. The van der Waals surface area contributed by atoms with Gasteiger partial charge < -0.3 is 10.1 Å². The molecule has 0 saturated heterocycles. The molecule has 1 aliphatic rings. The summed E-state index contributed by atoms with van der Waals surface area (Å²) in [6.07, 6.45) is 4.32. The van der Waals surface area contributed by atoms with E-state index in [4.69, 9.17) is 4.74 Å². The van der Waals surface area contributed by atoms with E-state index >= 15 is 0 Å². The zero-order chi connectivity index (χ0) is 15.3. The van der Waals surface area contributed by atoms with Gasteiger partial charge in [-0.05, 0) is 31.0 Å². The monoisotopic (exact) mass is 341 g/mol. The molecule has 1 aliphatic heterocycles. The van der Waals surface area contributed by atoms with Crippen LogP contribution in [-0.2, 0) is 4.74 Å². The first-order valence-electron chi connectivity index (χ1n) is 7.69. The molecule has 0 saturated carbocycles. The van der Waals surface area contributed by atoms with Crippen LogP contribution in [0.1, 0.15) is 45.3 Å². The molecule has 2 atom stereocenters. The Balaban J connectivity index is 0.00000242. The molecular weight excluding hydrogens is 314 g/mol. The predicted molar refractivity (Wildman–Crippen MR) is 99.6 cm³/mol. The normalized spacial score (nSPS) is 22.4. The number of thioether (sulfide) groups is 1. The molecule has 22 heavy (non-hydrogen) atoms. The molecule has 0 spiro atoms. The maximum Gasteiger partial charge on any atom is 0.126 e. The Hall–Kier alpha value is -0.480. The molecule has 2 rings (SSSR count). The SMILES string of the molecule is CNCCC(OC1(C(C)(C)C)CC=CS1)c1ccccc1.Cl. The molecule has 4 heteroatoms. The van der Waals surface area contributed by atoms with Gasteiger partial charge in [0.25, 0.3) is 0 Å². The number of nitrogens with one attached hydrogen (secondary N) is 1. The van der Waals surface area contributed by atoms with E-state index in [0.717, 1.165) is 19.4 Å². The molecule has 1 heterocycles. The van der Waals surface area contributed by atoms with E-state index < -0.39 is 0 Å². The first-order valence-corrected chi connectivity index (χ1v) is 8.57. The van der Waals surface area contributed by atoms with Crippen molar-refractivity contribution in [3.05, 3.63) is 47.4 Å². The van der Waals surface area contributed by atoms with Crippen molar-refractivity contribution in [2.45, 2.75) is 44.6 Å². The van der Waals surface area contributed by atoms with Crippen molar-refractivity contribution >= 4 is 24.2 Å². The zero-order valence-corrected chi connectivity index (χ0v) is 15.6. The van der Waals surface area contributed by atoms with Gasteiger partial charge >= 0.3 is 0 Å². The van der Waals surface area contributed by atoms with Gasteiger partial charge in [0.2, 0.25) is 0 Å². The topological polar surface area (TPSA) is 21.3 Å². The molecule has 124 valence electrons. The van der Waals surface area contributed by atoms with E-state index in [1.807, 2.05) is 18.8 Å². The Bertz CT molecular complexity index is 462. The van der Waals surface area contributed by atoms with Crippen LogP contribution in [0.3, 0.4) is 0 Å².